The molecule has 0 aliphatic rings. The van der Waals surface area contributed by atoms with Crippen LogP contribution in [0.5, 0.6) is 0 Å². The number of rotatable bonds is 4. The molecule has 0 radical (unpaired) electrons. The van der Waals surface area contributed by atoms with E-state index in [0.29, 0.717) is 0 Å². The fraction of sp³-hybridized carbons (Fsp3) is 0. The standard InChI is InChI=1S/C48H30N2O/c1-2-11-31(12-3-1)32-21-25-34(26-22-32)49-41-18-7-4-14-39(41)46-43(49)29-30-44-47(46)40-15-5-8-19-42(40)50(44)35-27-23-33(24-28-35)36-16-10-17-38-37-13-6-9-20-45(37)51-48(36)38/h1-30H/i1D,2D,3D,4D,5D,6D,7D,8D,9D,10D,11D,12D,13D,14D,15D,16D,17D,18D,19D,20D,21D,22D,23D,24D,25D,26D,27D,28D,29D,30D. The summed E-state index contributed by atoms with van der Waals surface area (Å²) in [5.74, 6) is 0. The van der Waals surface area contributed by atoms with Gasteiger partial charge in [-0.2, -0.15) is 0 Å². The smallest absolute Gasteiger partial charge is 0.143 e. The number of benzene rings is 8. The Morgan fingerprint density at radius 3 is 1.47 bits per heavy atom. The van der Waals surface area contributed by atoms with Crippen molar-refractivity contribution in [1.82, 2.24) is 9.13 Å². The Hall–Kier alpha value is -6.84. The number of fused-ring (bicyclic) bond motifs is 10. The van der Waals surface area contributed by atoms with E-state index in [1.165, 1.54) is 0 Å². The molecule has 8 aromatic carbocycles. The maximum Gasteiger partial charge on any atom is 0.143 e. The fourth-order valence-corrected chi connectivity index (χ4v) is 6.25. The monoisotopic (exact) mass is 680 g/mol. The summed E-state index contributed by atoms with van der Waals surface area (Å²) < 4.78 is 277. The largest absolute Gasteiger partial charge is 0.455 e. The number of hydrogen-bond acceptors (Lipinski definition) is 1. The molecule has 0 aliphatic heterocycles. The van der Waals surface area contributed by atoms with Crippen LogP contribution in [-0.4, -0.2) is 9.13 Å². The van der Waals surface area contributed by atoms with E-state index in [9.17, 15) is 19.2 Å². The van der Waals surface area contributed by atoms with Crippen LogP contribution in [0, 0.1) is 0 Å². The third kappa shape index (κ3) is 4.12. The molecule has 0 atom stereocenters. The Bertz CT molecular complexity index is 4790. The van der Waals surface area contributed by atoms with Gasteiger partial charge in [0, 0.05) is 49.3 Å². The van der Waals surface area contributed by atoms with Crippen LogP contribution < -0.4 is 0 Å². The molecule has 11 aromatic rings. The summed E-state index contributed by atoms with van der Waals surface area (Å²) in [7, 11) is 0. The molecule has 0 spiro atoms. The predicted molar refractivity (Wildman–Crippen MR) is 213 cm³/mol. The average molecular weight is 681 g/mol. The summed E-state index contributed by atoms with van der Waals surface area (Å²) >= 11 is 0. The normalized spacial score (nSPS) is 20.2. The molecule has 11 rings (SSSR count). The SMILES string of the molecule is [2H]c1c([2H])c([2H])c(-c2c([2H])c([2H])c(-n3c4c([2H])c([2H])c([2H])c([2H])c4c4c5c6c([2H])c([2H])c([2H])c([2H])c6n(-c6c([2H])c([2H])c(-c7c([2H])c([2H])c([2H])c8c7oc7c([2H])c([2H])c([2H])c([2H])c78)c([2H])c6[2H])c5c([2H])c([2H])c43)c([2H])c2[2H])c([2H])c1[2H]. The van der Waals surface area contributed by atoms with Crippen molar-refractivity contribution in [2.45, 2.75) is 0 Å². The van der Waals surface area contributed by atoms with Crippen molar-refractivity contribution >= 4 is 65.6 Å². The second kappa shape index (κ2) is 10.8. The molecule has 3 nitrogen and oxygen atoms in total. The molecule has 0 fully saturated rings. The minimum Gasteiger partial charge on any atom is -0.455 e. The Morgan fingerprint density at radius 1 is 0.353 bits per heavy atom. The first-order chi connectivity index (χ1) is 37.8. The van der Waals surface area contributed by atoms with Gasteiger partial charge in [0.05, 0.1) is 63.2 Å². The molecule has 0 saturated heterocycles. The summed E-state index contributed by atoms with van der Waals surface area (Å²) in [5.41, 5.74) is -8.56. The summed E-state index contributed by atoms with van der Waals surface area (Å²) in [6, 6.07) is -27.8. The van der Waals surface area contributed by atoms with Gasteiger partial charge in [-0.3, -0.25) is 0 Å². The van der Waals surface area contributed by atoms with Crippen molar-refractivity contribution in [1.29, 1.82) is 0 Å². The first-order valence-electron chi connectivity index (χ1n) is 30.0. The molecule has 0 N–H and O–H groups in total. The molecule has 51 heavy (non-hydrogen) atoms. The summed E-state index contributed by atoms with van der Waals surface area (Å²) in [4.78, 5) is 0. The zero-order valence-corrected chi connectivity index (χ0v) is 25.3. The van der Waals surface area contributed by atoms with Crippen LogP contribution in [-0.2, 0) is 0 Å². The lowest BCUT2D eigenvalue weighted by Gasteiger charge is -2.11. The first kappa shape index (κ1) is 11.6. The topological polar surface area (TPSA) is 23.0 Å². The van der Waals surface area contributed by atoms with Crippen LogP contribution in [0.15, 0.2) is 186 Å². The second-order valence-electron chi connectivity index (χ2n) is 11.0. The molecule has 0 unspecified atom stereocenters. The van der Waals surface area contributed by atoms with Crippen molar-refractivity contribution in [3.05, 3.63) is 181 Å². The minimum absolute atomic E-state index is 0.391. The van der Waals surface area contributed by atoms with Gasteiger partial charge >= 0.3 is 0 Å². The summed E-state index contributed by atoms with van der Waals surface area (Å²) in [6.45, 7) is 0. The van der Waals surface area contributed by atoms with E-state index < -0.39 is 280 Å². The number of nitrogens with zero attached hydrogens (tertiary/aromatic N) is 2. The van der Waals surface area contributed by atoms with Crippen molar-refractivity contribution in [2.75, 3.05) is 0 Å². The van der Waals surface area contributed by atoms with Crippen LogP contribution >= 0.6 is 0 Å². The van der Waals surface area contributed by atoms with E-state index in [1.54, 1.807) is 0 Å². The van der Waals surface area contributed by atoms with E-state index >= 15 is 0 Å². The van der Waals surface area contributed by atoms with Gasteiger partial charge in [-0.25, -0.2) is 0 Å². The molecular weight excluding hydrogens is 621 g/mol. The van der Waals surface area contributed by atoms with Crippen LogP contribution in [0.2, 0.25) is 0 Å². The summed E-state index contributed by atoms with van der Waals surface area (Å²) in [6.07, 6.45) is 0. The minimum atomic E-state index is -1.08. The van der Waals surface area contributed by atoms with E-state index in [4.69, 9.17) is 26.3 Å². The number of aromatic nitrogens is 2. The lowest BCUT2D eigenvalue weighted by atomic mass is 10.0. The van der Waals surface area contributed by atoms with Crippen molar-refractivity contribution < 1.29 is 45.5 Å². The Labute approximate surface area is 336 Å². The second-order valence-corrected chi connectivity index (χ2v) is 11.0. The average Bonchev–Trinajstić information content (AvgIpc) is 2.64. The van der Waals surface area contributed by atoms with Crippen LogP contribution in [0.25, 0.3) is 99.2 Å². The lowest BCUT2D eigenvalue weighted by Crippen LogP contribution is -1.95. The van der Waals surface area contributed by atoms with Gasteiger partial charge in [0.2, 0.25) is 0 Å². The Morgan fingerprint density at radius 2 is 0.843 bits per heavy atom. The highest BCUT2D eigenvalue weighted by Gasteiger charge is 2.20. The number of para-hydroxylation sites is 4. The van der Waals surface area contributed by atoms with E-state index in [0.717, 1.165) is 9.13 Å². The Balaban J connectivity index is 1.34. The van der Waals surface area contributed by atoms with Gasteiger partial charge in [-0.15, -0.1) is 0 Å². The maximum atomic E-state index is 9.80. The predicted octanol–water partition coefficient (Wildman–Crippen LogP) is 13.1. The molecule has 3 aromatic heterocycles. The zero-order chi connectivity index (χ0) is 59.6. The molecule has 238 valence electrons. The molecule has 0 saturated carbocycles. The fourth-order valence-electron chi connectivity index (χ4n) is 6.25. The Kier molecular flexibility index (Phi) is 2.47. The van der Waals surface area contributed by atoms with E-state index in [1.807, 2.05) is 0 Å². The molecule has 3 heterocycles. The van der Waals surface area contributed by atoms with Crippen molar-refractivity contribution in [3.8, 4) is 33.6 Å². The van der Waals surface area contributed by atoms with Gasteiger partial charge in [0.25, 0.3) is 0 Å². The van der Waals surface area contributed by atoms with Gasteiger partial charge in [0.1, 0.15) is 11.2 Å². The van der Waals surface area contributed by atoms with E-state index in [2.05, 4.69) is 0 Å². The molecular formula is C48H30N2O. The molecule has 3 heteroatoms. The highest BCUT2D eigenvalue weighted by atomic mass is 16.3. The zero-order valence-electron chi connectivity index (χ0n) is 55.3. The third-order valence-corrected chi connectivity index (χ3v) is 8.36. The van der Waals surface area contributed by atoms with Gasteiger partial charge in [-0.1, -0.05) is 127 Å². The van der Waals surface area contributed by atoms with Crippen LogP contribution in [0.3, 0.4) is 0 Å². The van der Waals surface area contributed by atoms with E-state index in [-0.39, 0.29) is 0 Å². The van der Waals surface area contributed by atoms with Crippen LogP contribution in [0.4, 0.5) is 0 Å². The maximum absolute atomic E-state index is 9.80. The van der Waals surface area contributed by atoms with Gasteiger partial charge < -0.3 is 13.6 Å². The number of hydrogen-bond donors (Lipinski definition) is 0. The highest BCUT2D eigenvalue weighted by molar-refractivity contribution is 6.29. The number of furan rings is 1. The molecule has 0 aliphatic carbocycles. The quantitative estimate of drug-likeness (QED) is 0.181. The van der Waals surface area contributed by atoms with Gasteiger partial charge in [-0.05, 0) is 71.1 Å². The van der Waals surface area contributed by atoms with Gasteiger partial charge in [0.15, 0.2) is 0 Å². The third-order valence-electron chi connectivity index (χ3n) is 8.36. The van der Waals surface area contributed by atoms with Crippen molar-refractivity contribution in [3.63, 3.8) is 0 Å². The lowest BCUT2D eigenvalue weighted by molar-refractivity contribution is 0.670. The summed E-state index contributed by atoms with van der Waals surface area (Å²) in [5, 5.41) is -3.10. The molecule has 0 amide bonds. The molecule has 0 bridgehead atoms. The van der Waals surface area contributed by atoms with Crippen LogP contribution in [0.1, 0.15) is 41.1 Å². The van der Waals surface area contributed by atoms with Crippen molar-refractivity contribution in [2.24, 2.45) is 0 Å². The first-order valence-corrected chi connectivity index (χ1v) is 15.0. The highest BCUT2D eigenvalue weighted by Crippen LogP contribution is 2.43.